The highest BCUT2D eigenvalue weighted by Crippen LogP contribution is 2.38. The van der Waals surface area contributed by atoms with Crippen molar-refractivity contribution < 1.29 is 23.9 Å². The summed E-state index contributed by atoms with van der Waals surface area (Å²) >= 11 is 0. The molecule has 1 saturated heterocycles. The number of aryl methyl sites for hydroxylation is 1. The largest absolute Gasteiger partial charge is 0.493 e. The fourth-order valence-electron chi connectivity index (χ4n) is 3.24. The molecule has 0 radical (unpaired) electrons. The van der Waals surface area contributed by atoms with E-state index in [1.807, 2.05) is 19.1 Å². The molecule has 0 unspecified atom stereocenters. The van der Waals surface area contributed by atoms with Crippen LogP contribution in [-0.2, 0) is 14.4 Å². The van der Waals surface area contributed by atoms with E-state index in [2.05, 4.69) is 5.48 Å². The van der Waals surface area contributed by atoms with Crippen molar-refractivity contribution in [3.63, 3.8) is 0 Å². The molecule has 1 fully saturated rings. The van der Waals surface area contributed by atoms with Crippen molar-refractivity contribution in [1.29, 1.82) is 0 Å². The summed E-state index contributed by atoms with van der Waals surface area (Å²) in [5.41, 5.74) is 5.69. The first-order valence-corrected chi connectivity index (χ1v) is 8.38. The van der Waals surface area contributed by atoms with Crippen molar-refractivity contribution in [1.82, 2.24) is 5.48 Å². The molecule has 0 spiro atoms. The van der Waals surface area contributed by atoms with Gasteiger partial charge in [0.1, 0.15) is 0 Å². The molecule has 27 heavy (non-hydrogen) atoms. The number of fused-ring (bicyclic) bond motifs is 1. The van der Waals surface area contributed by atoms with Gasteiger partial charge in [-0.05, 0) is 37.3 Å². The molecule has 2 amide bonds. The summed E-state index contributed by atoms with van der Waals surface area (Å²) in [7, 11) is 3.08. The van der Waals surface area contributed by atoms with Gasteiger partial charge in [-0.25, -0.2) is 4.90 Å². The summed E-state index contributed by atoms with van der Waals surface area (Å²) < 4.78 is 10.6. The lowest BCUT2D eigenvalue weighted by Crippen LogP contribution is -2.34. The third-order valence-corrected chi connectivity index (χ3v) is 4.65. The Kier molecular flexibility index (Phi) is 4.08. The van der Waals surface area contributed by atoms with Crippen LogP contribution in [0.5, 0.6) is 11.5 Å². The molecule has 1 N–H and O–H groups in total. The number of hydrogen-bond donors (Lipinski definition) is 1. The standard InChI is InChI=1S/C20H18N2O5/c1-11-4-7-13(8-5-11)22-19(23)16-17(21-27-18(16)20(22)24)12-6-9-14(25-2)15(10-12)26-3/h4-10,18,21H,1-3H3/t18-/m0/s1. The van der Waals surface area contributed by atoms with Crippen LogP contribution < -0.4 is 19.9 Å². The summed E-state index contributed by atoms with van der Waals surface area (Å²) in [5, 5.41) is 0. The normalized spacial score (nSPS) is 18.6. The molecular weight excluding hydrogens is 348 g/mol. The minimum atomic E-state index is -0.970. The molecule has 2 aliphatic heterocycles. The van der Waals surface area contributed by atoms with Gasteiger partial charge in [0.05, 0.1) is 31.2 Å². The van der Waals surface area contributed by atoms with E-state index < -0.39 is 17.9 Å². The zero-order valence-corrected chi connectivity index (χ0v) is 15.1. The van der Waals surface area contributed by atoms with Crippen LogP contribution in [0.1, 0.15) is 11.1 Å². The van der Waals surface area contributed by atoms with Gasteiger partial charge in [0, 0.05) is 5.56 Å². The number of benzene rings is 2. The number of amides is 2. The minimum absolute atomic E-state index is 0.285. The van der Waals surface area contributed by atoms with Crippen LogP contribution in [0.15, 0.2) is 48.0 Å². The van der Waals surface area contributed by atoms with Gasteiger partial charge in [0.25, 0.3) is 11.8 Å². The molecule has 7 nitrogen and oxygen atoms in total. The molecule has 0 bridgehead atoms. The number of imide groups is 1. The molecule has 4 rings (SSSR count). The van der Waals surface area contributed by atoms with Crippen LogP contribution >= 0.6 is 0 Å². The molecule has 7 heteroatoms. The lowest BCUT2D eigenvalue weighted by Gasteiger charge is -2.16. The average molecular weight is 366 g/mol. The third-order valence-electron chi connectivity index (χ3n) is 4.65. The van der Waals surface area contributed by atoms with Crippen LogP contribution in [-0.4, -0.2) is 32.1 Å². The third kappa shape index (κ3) is 2.63. The maximum atomic E-state index is 13.0. The number of anilines is 1. The lowest BCUT2D eigenvalue weighted by molar-refractivity contribution is -0.127. The number of carbonyl (C=O) groups is 2. The number of hydroxylamine groups is 1. The van der Waals surface area contributed by atoms with Crippen molar-refractivity contribution in [2.24, 2.45) is 0 Å². The number of ether oxygens (including phenoxy) is 2. The lowest BCUT2D eigenvalue weighted by atomic mass is 10.0. The second kappa shape index (κ2) is 6.44. The van der Waals surface area contributed by atoms with Gasteiger partial charge < -0.3 is 9.47 Å². The van der Waals surface area contributed by atoms with E-state index in [9.17, 15) is 9.59 Å². The molecule has 0 saturated carbocycles. The Hall–Kier alpha value is -3.32. The Labute approximate surface area is 156 Å². The summed E-state index contributed by atoms with van der Waals surface area (Å²) in [6, 6.07) is 12.4. The van der Waals surface area contributed by atoms with Crippen molar-refractivity contribution in [2.75, 3.05) is 19.1 Å². The van der Waals surface area contributed by atoms with E-state index in [-0.39, 0.29) is 5.57 Å². The average Bonchev–Trinajstić information content (AvgIpc) is 3.23. The van der Waals surface area contributed by atoms with Crippen LogP contribution in [0.4, 0.5) is 5.69 Å². The van der Waals surface area contributed by atoms with Crippen LogP contribution in [0, 0.1) is 6.92 Å². The smallest absolute Gasteiger partial charge is 0.270 e. The number of methoxy groups -OCH3 is 2. The Bertz CT molecular complexity index is 965. The van der Waals surface area contributed by atoms with Crippen molar-refractivity contribution in [2.45, 2.75) is 13.0 Å². The molecule has 0 aliphatic carbocycles. The van der Waals surface area contributed by atoms with Gasteiger partial charge in [-0.15, -0.1) is 0 Å². The first-order valence-electron chi connectivity index (χ1n) is 8.38. The molecular formula is C20H18N2O5. The fourth-order valence-corrected chi connectivity index (χ4v) is 3.24. The summed E-state index contributed by atoms with van der Waals surface area (Å²) in [4.78, 5) is 32.3. The molecule has 138 valence electrons. The van der Waals surface area contributed by atoms with E-state index in [1.165, 1.54) is 7.11 Å². The highest BCUT2D eigenvalue weighted by molar-refractivity contribution is 6.33. The number of hydrogen-bond acceptors (Lipinski definition) is 6. The minimum Gasteiger partial charge on any atom is -0.493 e. The predicted molar refractivity (Wildman–Crippen MR) is 98.1 cm³/mol. The zero-order valence-electron chi connectivity index (χ0n) is 15.1. The SMILES string of the molecule is COc1ccc(C2=C3C(=O)N(c4ccc(C)cc4)C(=O)[C@H]3ON2)cc1OC. The van der Waals surface area contributed by atoms with Crippen molar-refractivity contribution in [3.05, 3.63) is 59.2 Å². The Morgan fingerprint density at radius 2 is 1.70 bits per heavy atom. The Balaban J connectivity index is 1.77. The highest BCUT2D eigenvalue weighted by atomic mass is 16.7. The molecule has 0 aromatic heterocycles. The summed E-state index contributed by atoms with van der Waals surface area (Å²) in [6.45, 7) is 1.94. The quantitative estimate of drug-likeness (QED) is 0.836. The van der Waals surface area contributed by atoms with Gasteiger partial charge in [0.2, 0.25) is 0 Å². The monoisotopic (exact) mass is 366 g/mol. The fraction of sp³-hybridized carbons (Fsp3) is 0.200. The van der Waals surface area contributed by atoms with E-state index in [0.717, 1.165) is 10.5 Å². The Morgan fingerprint density at radius 3 is 2.37 bits per heavy atom. The summed E-state index contributed by atoms with van der Waals surface area (Å²) in [6.07, 6.45) is -0.970. The van der Waals surface area contributed by atoms with Crippen LogP contribution in [0.3, 0.4) is 0 Å². The number of nitrogens with one attached hydrogen (secondary N) is 1. The second-order valence-electron chi connectivity index (χ2n) is 6.27. The predicted octanol–water partition coefficient (Wildman–Crippen LogP) is 2.20. The maximum absolute atomic E-state index is 13.0. The number of rotatable bonds is 4. The van der Waals surface area contributed by atoms with E-state index in [4.69, 9.17) is 14.3 Å². The molecule has 2 aromatic carbocycles. The molecule has 2 aliphatic rings. The zero-order chi connectivity index (χ0) is 19.1. The van der Waals surface area contributed by atoms with E-state index in [0.29, 0.717) is 28.4 Å². The second-order valence-corrected chi connectivity index (χ2v) is 6.27. The Morgan fingerprint density at radius 1 is 1.00 bits per heavy atom. The maximum Gasteiger partial charge on any atom is 0.270 e. The molecule has 2 aromatic rings. The topological polar surface area (TPSA) is 77.1 Å². The van der Waals surface area contributed by atoms with Crippen LogP contribution in [0.25, 0.3) is 5.70 Å². The van der Waals surface area contributed by atoms with Gasteiger partial charge in [-0.2, -0.15) is 0 Å². The number of carbonyl (C=O) groups excluding carboxylic acids is 2. The van der Waals surface area contributed by atoms with Crippen molar-refractivity contribution in [3.8, 4) is 11.5 Å². The van der Waals surface area contributed by atoms with Gasteiger partial charge in [0.15, 0.2) is 17.6 Å². The van der Waals surface area contributed by atoms with Gasteiger partial charge in [-0.1, -0.05) is 17.7 Å². The van der Waals surface area contributed by atoms with Crippen molar-refractivity contribution >= 4 is 23.2 Å². The first-order chi connectivity index (χ1) is 13.0. The number of nitrogens with zero attached hydrogens (tertiary/aromatic N) is 1. The highest BCUT2D eigenvalue weighted by Gasteiger charge is 2.50. The summed E-state index contributed by atoms with van der Waals surface area (Å²) in [5.74, 6) is 0.267. The van der Waals surface area contributed by atoms with E-state index in [1.54, 1.807) is 37.4 Å². The molecule has 2 heterocycles. The van der Waals surface area contributed by atoms with Gasteiger partial charge >= 0.3 is 0 Å². The van der Waals surface area contributed by atoms with Gasteiger partial charge in [-0.3, -0.25) is 19.9 Å². The van der Waals surface area contributed by atoms with E-state index >= 15 is 0 Å². The van der Waals surface area contributed by atoms with Crippen LogP contribution in [0.2, 0.25) is 0 Å². The molecule has 1 atom stereocenters. The first kappa shape index (κ1) is 17.1.